The second-order valence-corrected chi connectivity index (χ2v) is 8.68. The van der Waals surface area contributed by atoms with Gasteiger partial charge in [-0.1, -0.05) is 0 Å². The maximum absolute atomic E-state index is 13.2. The molecule has 0 aliphatic carbocycles. The number of nitrogens with one attached hydrogen (secondary N) is 1. The zero-order chi connectivity index (χ0) is 21.4. The largest absolute Gasteiger partial charge is 0.417 e. The number of alkyl halides is 3. The summed E-state index contributed by atoms with van der Waals surface area (Å²) in [4.78, 5) is 21.9. The van der Waals surface area contributed by atoms with Gasteiger partial charge in [0.1, 0.15) is 21.1 Å². The molecule has 0 saturated carbocycles. The third kappa shape index (κ3) is 4.31. The molecule has 4 N–H and O–H groups in total. The van der Waals surface area contributed by atoms with Crippen LogP contribution in [-0.2, 0) is 20.8 Å². The van der Waals surface area contributed by atoms with E-state index in [4.69, 9.17) is 5.73 Å². The van der Waals surface area contributed by atoms with E-state index in [9.17, 15) is 40.7 Å². The third-order valence-electron chi connectivity index (χ3n) is 3.39. The van der Waals surface area contributed by atoms with Crippen molar-refractivity contribution >= 4 is 38.0 Å². The highest BCUT2D eigenvalue weighted by molar-refractivity contribution is 7.93. The fourth-order valence-electron chi connectivity index (χ4n) is 2.06. The van der Waals surface area contributed by atoms with E-state index in [1.54, 1.807) is 0 Å². The number of primary amides is 1. The Labute approximate surface area is 159 Å². The summed E-state index contributed by atoms with van der Waals surface area (Å²) in [6.07, 6.45) is -6.69. The lowest BCUT2D eigenvalue weighted by Crippen LogP contribution is -2.25. The van der Waals surface area contributed by atoms with E-state index < -0.39 is 60.0 Å². The van der Waals surface area contributed by atoms with Gasteiger partial charge in [0.15, 0.2) is 0 Å². The molecule has 0 aliphatic rings. The van der Waals surface area contributed by atoms with Gasteiger partial charge < -0.3 is 16.2 Å². The average molecular weight is 440 g/mol. The molecular weight excluding hydrogens is 428 g/mol. The lowest BCUT2D eigenvalue weighted by Gasteiger charge is -2.12. The van der Waals surface area contributed by atoms with Gasteiger partial charge in [0.2, 0.25) is 9.84 Å². The molecule has 2 rings (SSSR count). The van der Waals surface area contributed by atoms with E-state index in [1.165, 1.54) is 0 Å². The second-order valence-electron chi connectivity index (χ2n) is 5.48. The minimum Gasteiger partial charge on any atom is -0.384 e. The first-order valence-electron chi connectivity index (χ1n) is 7.29. The Kier molecular flexibility index (Phi) is 5.82. The van der Waals surface area contributed by atoms with Crippen molar-refractivity contribution in [3.8, 4) is 0 Å². The molecule has 0 aliphatic heterocycles. The fraction of sp³-hybridized carbons (Fsp3) is 0.200. The van der Waals surface area contributed by atoms with Gasteiger partial charge in [-0.05, 0) is 31.2 Å². The van der Waals surface area contributed by atoms with E-state index in [1.807, 2.05) is 0 Å². The van der Waals surface area contributed by atoms with Gasteiger partial charge >= 0.3 is 6.18 Å². The molecule has 1 atom stereocenters. The second kappa shape index (κ2) is 7.48. The molecule has 1 aromatic heterocycles. The molecule has 0 spiro atoms. The maximum Gasteiger partial charge on any atom is 0.417 e. The summed E-state index contributed by atoms with van der Waals surface area (Å²) < 4.78 is 77.4. The molecule has 0 fully saturated rings. The number of carbonyl (C=O) groups excluding carboxylic acids is 2. The standard InChI is InChI=1S/C15H12F4N2O5S2/c1-6(22)13(24)21-14-8(12(20)23)5-11(27-14)28(25,26)10-3-2-7(16)4-9(10)15(17,18)19/h2-6,22H,1H3,(H2,20,23)(H,21,24). The maximum atomic E-state index is 13.2. The van der Waals surface area contributed by atoms with Crippen LogP contribution in [0.15, 0.2) is 33.4 Å². The number of nitrogens with two attached hydrogens (primary N) is 1. The first kappa shape index (κ1) is 21.8. The Morgan fingerprint density at radius 2 is 1.86 bits per heavy atom. The SMILES string of the molecule is CC(O)C(=O)Nc1sc(S(=O)(=O)c2ccc(F)cc2C(F)(F)F)cc1C(N)=O. The molecule has 2 aromatic rings. The predicted octanol–water partition coefficient (Wildman–Crippen LogP) is 2.16. The molecule has 152 valence electrons. The van der Waals surface area contributed by atoms with Gasteiger partial charge in [-0.15, -0.1) is 11.3 Å². The van der Waals surface area contributed by atoms with E-state index in [0.717, 1.165) is 6.92 Å². The number of benzene rings is 1. The minimum absolute atomic E-state index is 0.0333. The van der Waals surface area contributed by atoms with Crippen molar-refractivity contribution in [1.29, 1.82) is 0 Å². The van der Waals surface area contributed by atoms with Gasteiger partial charge in [0, 0.05) is 0 Å². The summed E-state index contributed by atoms with van der Waals surface area (Å²) in [6.45, 7) is 1.10. The summed E-state index contributed by atoms with van der Waals surface area (Å²) >= 11 is 0.266. The Hall–Kier alpha value is -2.51. The summed E-state index contributed by atoms with van der Waals surface area (Å²) in [5.74, 6) is -3.44. The molecule has 13 heteroatoms. The molecule has 7 nitrogen and oxygen atoms in total. The van der Waals surface area contributed by atoms with Crippen LogP contribution in [0.3, 0.4) is 0 Å². The van der Waals surface area contributed by atoms with Crippen LogP contribution in [0.5, 0.6) is 0 Å². The molecule has 1 heterocycles. The lowest BCUT2D eigenvalue weighted by molar-refractivity contribution is -0.140. The van der Waals surface area contributed by atoms with Crippen molar-refractivity contribution in [1.82, 2.24) is 0 Å². The van der Waals surface area contributed by atoms with Crippen LogP contribution in [0.1, 0.15) is 22.8 Å². The molecule has 1 aromatic carbocycles. The number of rotatable bonds is 5. The highest BCUT2D eigenvalue weighted by Gasteiger charge is 2.39. The van der Waals surface area contributed by atoms with E-state index in [0.29, 0.717) is 18.2 Å². The normalized spacial score (nSPS) is 13.2. The smallest absolute Gasteiger partial charge is 0.384 e. The van der Waals surface area contributed by atoms with Gasteiger partial charge in [0.25, 0.3) is 11.8 Å². The molecule has 1 unspecified atom stereocenters. The predicted molar refractivity (Wildman–Crippen MR) is 90.0 cm³/mol. The number of halogens is 4. The molecule has 0 bridgehead atoms. The van der Waals surface area contributed by atoms with Crippen molar-refractivity contribution in [3.63, 3.8) is 0 Å². The first-order chi connectivity index (χ1) is 12.7. The van der Waals surface area contributed by atoms with Gasteiger partial charge in [-0.2, -0.15) is 13.2 Å². The van der Waals surface area contributed by atoms with Crippen molar-refractivity contribution in [3.05, 3.63) is 41.2 Å². The highest BCUT2D eigenvalue weighted by atomic mass is 32.2. The van der Waals surface area contributed by atoms with Crippen LogP contribution in [-0.4, -0.2) is 31.4 Å². The van der Waals surface area contributed by atoms with Gasteiger partial charge in [-0.3, -0.25) is 9.59 Å². The quantitative estimate of drug-likeness (QED) is 0.485. The van der Waals surface area contributed by atoms with Crippen molar-refractivity contribution < 1.29 is 40.7 Å². The lowest BCUT2D eigenvalue weighted by atomic mass is 10.2. The van der Waals surface area contributed by atoms with Crippen LogP contribution >= 0.6 is 11.3 Å². The number of aliphatic hydroxyl groups excluding tert-OH is 1. The fourth-order valence-corrected chi connectivity index (χ4v) is 5.02. The number of carbonyl (C=O) groups is 2. The summed E-state index contributed by atoms with van der Waals surface area (Å²) in [7, 11) is -4.85. The third-order valence-corrected chi connectivity index (χ3v) is 6.73. The first-order valence-corrected chi connectivity index (χ1v) is 9.59. The summed E-state index contributed by atoms with van der Waals surface area (Å²) in [6, 6.07) is 1.72. The van der Waals surface area contributed by atoms with Crippen LogP contribution in [0.2, 0.25) is 0 Å². The van der Waals surface area contributed by atoms with Crippen LogP contribution in [0, 0.1) is 5.82 Å². The van der Waals surface area contributed by atoms with E-state index >= 15 is 0 Å². The molecule has 2 amide bonds. The zero-order valence-corrected chi connectivity index (χ0v) is 15.5. The monoisotopic (exact) mass is 440 g/mol. The molecular formula is C15H12F4N2O5S2. The number of thiophene rings is 1. The van der Waals surface area contributed by atoms with Crippen molar-refractivity contribution in [2.45, 2.75) is 28.3 Å². The van der Waals surface area contributed by atoms with Crippen LogP contribution in [0.4, 0.5) is 22.6 Å². The Morgan fingerprint density at radius 3 is 2.36 bits per heavy atom. The number of anilines is 1. The Balaban J connectivity index is 2.65. The number of amides is 2. The van der Waals surface area contributed by atoms with Gasteiger partial charge in [0.05, 0.1) is 16.0 Å². The van der Waals surface area contributed by atoms with E-state index in [-0.39, 0.29) is 22.4 Å². The molecule has 0 radical (unpaired) electrons. The number of aliphatic hydroxyl groups is 1. The number of sulfone groups is 1. The minimum atomic E-state index is -5.17. The van der Waals surface area contributed by atoms with Crippen molar-refractivity contribution in [2.75, 3.05) is 5.32 Å². The molecule has 0 saturated heterocycles. The number of hydrogen-bond donors (Lipinski definition) is 3. The van der Waals surface area contributed by atoms with Gasteiger partial charge in [-0.25, -0.2) is 12.8 Å². The highest BCUT2D eigenvalue weighted by Crippen LogP contribution is 2.40. The summed E-state index contributed by atoms with van der Waals surface area (Å²) in [5, 5.41) is 10.9. The number of hydrogen-bond acceptors (Lipinski definition) is 6. The zero-order valence-electron chi connectivity index (χ0n) is 13.9. The van der Waals surface area contributed by atoms with Crippen LogP contribution in [0.25, 0.3) is 0 Å². The van der Waals surface area contributed by atoms with Crippen LogP contribution < -0.4 is 11.1 Å². The topological polar surface area (TPSA) is 127 Å². The van der Waals surface area contributed by atoms with E-state index in [2.05, 4.69) is 5.32 Å². The average Bonchev–Trinajstić information content (AvgIpc) is 2.98. The Bertz CT molecular complexity index is 1050. The van der Waals surface area contributed by atoms with Crippen molar-refractivity contribution in [2.24, 2.45) is 5.73 Å². The molecule has 28 heavy (non-hydrogen) atoms. The summed E-state index contributed by atoms with van der Waals surface area (Å²) in [5.41, 5.74) is 2.91. The Morgan fingerprint density at radius 1 is 1.25 bits per heavy atom.